The molecule has 0 radical (unpaired) electrons. The van der Waals surface area contributed by atoms with Gasteiger partial charge in [-0.05, 0) is 61.6 Å². The molecular formula is C26H37BrN4O4S. The average Bonchev–Trinajstić information content (AvgIpc) is 2.80. The SMILES string of the molecule is Cc1ccc(C)c(N(CC(=O)N(Cc2cccc(Br)c2)C(C)C(=O)NCC(C)C)S(=O)(=O)N(C)C)c1. The largest absolute Gasteiger partial charge is 0.354 e. The zero-order valence-electron chi connectivity index (χ0n) is 22.1. The Bertz CT molecular complexity index is 1180. The molecule has 1 N–H and O–H groups in total. The van der Waals surface area contributed by atoms with Crippen LogP contribution in [0.15, 0.2) is 46.9 Å². The third kappa shape index (κ3) is 7.78. The van der Waals surface area contributed by atoms with E-state index < -0.39 is 28.7 Å². The molecule has 36 heavy (non-hydrogen) atoms. The normalized spacial score (nSPS) is 12.5. The Kier molecular flexibility index (Phi) is 10.5. The highest BCUT2D eigenvalue weighted by Gasteiger charge is 2.33. The molecule has 0 bridgehead atoms. The van der Waals surface area contributed by atoms with E-state index in [2.05, 4.69) is 21.2 Å². The molecule has 0 heterocycles. The zero-order valence-corrected chi connectivity index (χ0v) is 24.5. The first kappa shape index (κ1) is 29.8. The van der Waals surface area contributed by atoms with Crippen molar-refractivity contribution >= 4 is 43.6 Å². The Morgan fingerprint density at radius 1 is 1.03 bits per heavy atom. The molecule has 0 aromatic heterocycles. The van der Waals surface area contributed by atoms with Crippen molar-refractivity contribution in [1.82, 2.24) is 14.5 Å². The molecular weight excluding hydrogens is 544 g/mol. The predicted octanol–water partition coefficient (Wildman–Crippen LogP) is 3.87. The number of aryl methyl sites for hydroxylation is 2. The molecule has 2 aromatic rings. The van der Waals surface area contributed by atoms with Crippen LogP contribution in [0.4, 0.5) is 5.69 Å². The molecule has 0 saturated heterocycles. The van der Waals surface area contributed by atoms with Crippen LogP contribution in [0.3, 0.4) is 0 Å². The average molecular weight is 582 g/mol. The van der Waals surface area contributed by atoms with E-state index in [0.717, 1.165) is 29.8 Å². The summed E-state index contributed by atoms with van der Waals surface area (Å²) in [4.78, 5) is 28.2. The second kappa shape index (κ2) is 12.7. The number of halogens is 1. The van der Waals surface area contributed by atoms with Gasteiger partial charge in [-0.3, -0.25) is 9.59 Å². The summed E-state index contributed by atoms with van der Waals surface area (Å²) in [5.41, 5.74) is 2.83. The summed E-state index contributed by atoms with van der Waals surface area (Å²) in [6.45, 7) is 9.50. The first-order valence-electron chi connectivity index (χ1n) is 11.8. The van der Waals surface area contributed by atoms with Crippen LogP contribution >= 0.6 is 15.9 Å². The Morgan fingerprint density at radius 2 is 1.69 bits per heavy atom. The van der Waals surface area contributed by atoms with Gasteiger partial charge in [-0.2, -0.15) is 12.7 Å². The van der Waals surface area contributed by atoms with E-state index in [4.69, 9.17) is 0 Å². The van der Waals surface area contributed by atoms with Gasteiger partial charge in [0.25, 0.3) is 0 Å². The molecule has 0 aliphatic heterocycles. The van der Waals surface area contributed by atoms with Crippen LogP contribution in [-0.4, -0.2) is 62.7 Å². The van der Waals surface area contributed by atoms with Crippen molar-refractivity contribution in [2.24, 2.45) is 5.92 Å². The summed E-state index contributed by atoms with van der Waals surface area (Å²) in [6.07, 6.45) is 0. The van der Waals surface area contributed by atoms with Crippen molar-refractivity contribution in [2.75, 3.05) is 31.5 Å². The standard InChI is InChI=1S/C26H37BrN4O4S/c1-18(2)15-28-26(33)21(5)30(16-22-9-8-10-23(27)14-22)25(32)17-31(36(34,35)29(6)7)24-13-19(3)11-12-20(24)4/h8-14,18,21H,15-17H2,1-7H3,(H,28,33). The van der Waals surface area contributed by atoms with E-state index in [9.17, 15) is 18.0 Å². The molecule has 0 aliphatic rings. The predicted molar refractivity (Wildman–Crippen MR) is 148 cm³/mol. The fraction of sp³-hybridized carbons (Fsp3) is 0.462. The van der Waals surface area contributed by atoms with Gasteiger partial charge in [0, 0.05) is 31.7 Å². The number of carbonyl (C=O) groups excluding carboxylic acids is 2. The highest BCUT2D eigenvalue weighted by Crippen LogP contribution is 2.26. The lowest BCUT2D eigenvalue weighted by molar-refractivity contribution is -0.139. The maximum absolute atomic E-state index is 13.8. The lowest BCUT2D eigenvalue weighted by Crippen LogP contribution is -2.52. The fourth-order valence-electron chi connectivity index (χ4n) is 3.56. The third-order valence-corrected chi connectivity index (χ3v) is 8.04. The number of anilines is 1. The van der Waals surface area contributed by atoms with Crippen LogP contribution < -0.4 is 9.62 Å². The van der Waals surface area contributed by atoms with E-state index in [0.29, 0.717) is 12.2 Å². The summed E-state index contributed by atoms with van der Waals surface area (Å²) < 4.78 is 29.7. The Hall–Kier alpha value is -2.43. The van der Waals surface area contributed by atoms with Crippen molar-refractivity contribution in [2.45, 2.75) is 47.2 Å². The molecule has 2 aromatic carbocycles. The summed E-state index contributed by atoms with van der Waals surface area (Å²) in [5, 5.41) is 2.88. The zero-order chi connectivity index (χ0) is 27.2. The van der Waals surface area contributed by atoms with E-state index in [-0.39, 0.29) is 18.4 Å². The van der Waals surface area contributed by atoms with E-state index in [1.54, 1.807) is 19.9 Å². The Morgan fingerprint density at radius 3 is 2.28 bits per heavy atom. The fourth-order valence-corrected chi connectivity index (χ4v) is 5.12. The number of benzene rings is 2. The Labute approximate surface area is 224 Å². The van der Waals surface area contributed by atoms with Crippen molar-refractivity contribution < 1.29 is 18.0 Å². The van der Waals surface area contributed by atoms with Crippen LogP contribution in [0.2, 0.25) is 0 Å². The van der Waals surface area contributed by atoms with Crippen LogP contribution in [0, 0.1) is 19.8 Å². The Balaban J connectivity index is 2.49. The molecule has 0 saturated carbocycles. The monoisotopic (exact) mass is 580 g/mol. The van der Waals surface area contributed by atoms with Crippen LogP contribution in [0.5, 0.6) is 0 Å². The first-order valence-corrected chi connectivity index (χ1v) is 14.0. The minimum Gasteiger partial charge on any atom is -0.354 e. The lowest BCUT2D eigenvalue weighted by atomic mass is 10.1. The molecule has 2 amide bonds. The highest BCUT2D eigenvalue weighted by molar-refractivity contribution is 9.10. The first-order chi connectivity index (χ1) is 16.7. The number of rotatable bonds is 11. The molecule has 0 fully saturated rings. The summed E-state index contributed by atoms with van der Waals surface area (Å²) in [5.74, 6) is -0.519. The maximum atomic E-state index is 13.8. The summed E-state index contributed by atoms with van der Waals surface area (Å²) >= 11 is 3.45. The number of amides is 2. The van der Waals surface area contributed by atoms with Crippen LogP contribution in [0.1, 0.15) is 37.5 Å². The number of carbonyl (C=O) groups is 2. The van der Waals surface area contributed by atoms with Gasteiger partial charge in [-0.15, -0.1) is 0 Å². The van der Waals surface area contributed by atoms with Gasteiger partial charge in [-0.1, -0.05) is 54.0 Å². The quantitative estimate of drug-likeness (QED) is 0.437. The number of nitrogens with zero attached hydrogens (tertiary/aromatic N) is 3. The minimum atomic E-state index is -4.00. The summed E-state index contributed by atoms with van der Waals surface area (Å²) in [7, 11) is -1.14. The second-order valence-corrected chi connectivity index (χ2v) is 12.5. The molecule has 0 spiro atoms. The van der Waals surface area contributed by atoms with Gasteiger partial charge in [0.15, 0.2) is 0 Å². The van der Waals surface area contributed by atoms with Gasteiger partial charge in [-0.25, -0.2) is 4.31 Å². The van der Waals surface area contributed by atoms with Gasteiger partial charge in [0.2, 0.25) is 11.8 Å². The van der Waals surface area contributed by atoms with Crippen molar-refractivity contribution in [3.63, 3.8) is 0 Å². The third-order valence-electron chi connectivity index (χ3n) is 5.75. The van der Waals surface area contributed by atoms with Gasteiger partial charge in [0.05, 0.1) is 5.69 Å². The van der Waals surface area contributed by atoms with Crippen molar-refractivity contribution in [3.05, 3.63) is 63.6 Å². The molecule has 1 atom stereocenters. The van der Waals surface area contributed by atoms with Gasteiger partial charge < -0.3 is 10.2 Å². The number of hydrogen-bond acceptors (Lipinski definition) is 4. The molecule has 0 aliphatic carbocycles. The molecule has 2 rings (SSSR count). The summed E-state index contributed by atoms with van der Waals surface area (Å²) in [6, 6.07) is 12.1. The number of nitrogens with one attached hydrogen (secondary N) is 1. The topological polar surface area (TPSA) is 90.0 Å². The molecule has 1 unspecified atom stereocenters. The maximum Gasteiger partial charge on any atom is 0.304 e. The van der Waals surface area contributed by atoms with Crippen molar-refractivity contribution in [3.8, 4) is 0 Å². The highest BCUT2D eigenvalue weighted by atomic mass is 79.9. The number of hydrogen-bond donors (Lipinski definition) is 1. The van der Waals surface area contributed by atoms with Crippen LogP contribution in [0.25, 0.3) is 0 Å². The van der Waals surface area contributed by atoms with Gasteiger partial charge >= 0.3 is 10.2 Å². The molecule has 8 nitrogen and oxygen atoms in total. The van der Waals surface area contributed by atoms with Crippen molar-refractivity contribution in [1.29, 1.82) is 0 Å². The minimum absolute atomic E-state index is 0.150. The van der Waals surface area contributed by atoms with E-state index in [1.165, 1.54) is 19.0 Å². The lowest BCUT2D eigenvalue weighted by Gasteiger charge is -2.33. The van der Waals surface area contributed by atoms with Gasteiger partial charge in [0.1, 0.15) is 12.6 Å². The molecule has 10 heteroatoms. The smallest absolute Gasteiger partial charge is 0.304 e. The van der Waals surface area contributed by atoms with E-state index >= 15 is 0 Å². The van der Waals surface area contributed by atoms with E-state index in [1.807, 2.05) is 57.2 Å². The molecule has 198 valence electrons. The van der Waals surface area contributed by atoms with Crippen LogP contribution in [-0.2, 0) is 26.3 Å². The second-order valence-electron chi connectivity index (χ2n) is 9.55.